The average molecular weight is 394 g/mol. The zero-order valence-corrected chi connectivity index (χ0v) is 19.4. The van der Waals surface area contributed by atoms with Crippen LogP contribution in [0.15, 0.2) is 11.6 Å². The summed E-state index contributed by atoms with van der Waals surface area (Å²) in [5.41, 5.74) is 1.18. The van der Waals surface area contributed by atoms with E-state index in [0.29, 0.717) is 6.54 Å². The SMILES string of the molecule is C/C(=C\C(=O)N1CCCC(O)C1)CCCC(C)CCCC(C)CCCC(C)C. The van der Waals surface area contributed by atoms with E-state index < -0.39 is 0 Å². The summed E-state index contributed by atoms with van der Waals surface area (Å²) >= 11 is 0. The van der Waals surface area contributed by atoms with E-state index in [0.717, 1.165) is 43.6 Å². The molecule has 1 aliphatic rings. The van der Waals surface area contributed by atoms with Gasteiger partial charge in [0.2, 0.25) is 5.91 Å². The summed E-state index contributed by atoms with van der Waals surface area (Å²) in [6.07, 6.45) is 14.8. The molecule has 0 bridgehead atoms. The highest BCUT2D eigenvalue weighted by molar-refractivity contribution is 5.88. The number of β-amino-alcohol motifs (C(OH)–C–C–N with tert-alkyl or cyclic N) is 1. The first-order valence-corrected chi connectivity index (χ1v) is 11.9. The maximum atomic E-state index is 12.3. The van der Waals surface area contributed by atoms with Crippen molar-refractivity contribution in [2.75, 3.05) is 13.1 Å². The first kappa shape index (κ1) is 25.2. The molecular weight excluding hydrogens is 346 g/mol. The quantitative estimate of drug-likeness (QED) is 0.370. The van der Waals surface area contributed by atoms with Crippen molar-refractivity contribution in [2.24, 2.45) is 17.8 Å². The number of piperidine rings is 1. The van der Waals surface area contributed by atoms with E-state index in [4.69, 9.17) is 0 Å². The van der Waals surface area contributed by atoms with Gasteiger partial charge >= 0.3 is 0 Å². The molecule has 1 fully saturated rings. The molecule has 0 radical (unpaired) electrons. The van der Waals surface area contributed by atoms with Crippen LogP contribution in [-0.4, -0.2) is 35.1 Å². The molecule has 1 amide bonds. The molecule has 1 rings (SSSR count). The minimum absolute atomic E-state index is 0.0794. The van der Waals surface area contributed by atoms with E-state index >= 15 is 0 Å². The molecule has 0 aromatic heterocycles. The maximum absolute atomic E-state index is 12.3. The van der Waals surface area contributed by atoms with Crippen LogP contribution in [0.25, 0.3) is 0 Å². The van der Waals surface area contributed by atoms with Gasteiger partial charge in [0.05, 0.1) is 6.10 Å². The highest BCUT2D eigenvalue weighted by Gasteiger charge is 2.20. The van der Waals surface area contributed by atoms with E-state index in [1.165, 1.54) is 56.9 Å². The predicted octanol–water partition coefficient (Wildman–Crippen LogP) is 6.36. The molecule has 1 N–H and O–H groups in total. The van der Waals surface area contributed by atoms with Crippen molar-refractivity contribution < 1.29 is 9.90 Å². The van der Waals surface area contributed by atoms with Crippen LogP contribution in [0.2, 0.25) is 0 Å². The molecule has 3 atom stereocenters. The monoisotopic (exact) mass is 393 g/mol. The van der Waals surface area contributed by atoms with E-state index in [2.05, 4.69) is 34.6 Å². The highest BCUT2D eigenvalue weighted by atomic mass is 16.3. The van der Waals surface area contributed by atoms with E-state index in [1.807, 2.05) is 0 Å². The second-order valence-corrected chi connectivity index (χ2v) is 9.93. The maximum Gasteiger partial charge on any atom is 0.246 e. The number of carbonyl (C=O) groups is 1. The highest BCUT2D eigenvalue weighted by Crippen LogP contribution is 2.22. The number of hydrogen-bond donors (Lipinski definition) is 1. The molecule has 0 saturated carbocycles. The fourth-order valence-corrected chi connectivity index (χ4v) is 4.24. The van der Waals surface area contributed by atoms with Gasteiger partial charge in [0.15, 0.2) is 0 Å². The molecule has 1 saturated heterocycles. The van der Waals surface area contributed by atoms with Crippen LogP contribution in [0.1, 0.15) is 105 Å². The van der Waals surface area contributed by atoms with Crippen molar-refractivity contribution in [2.45, 2.75) is 111 Å². The lowest BCUT2D eigenvalue weighted by atomic mass is 9.91. The van der Waals surface area contributed by atoms with Crippen molar-refractivity contribution >= 4 is 5.91 Å². The summed E-state index contributed by atoms with van der Waals surface area (Å²) < 4.78 is 0. The van der Waals surface area contributed by atoms with Crippen LogP contribution in [-0.2, 0) is 4.79 Å². The lowest BCUT2D eigenvalue weighted by Gasteiger charge is -2.29. The van der Waals surface area contributed by atoms with Crippen molar-refractivity contribution in [3.05, 3.63) is 11.6 Å². The minimum Gasteiger partial charge on any atom is -0.391 e. The van der Waals surface area contributed by atoms with Gasteiger partial charge in [-0.3, -0.25) is 4.79 Å². The third kappa shape index (κ3) is 11.9. The first-order chi connectivity index (χ1) is 13.3. The standard InChI is InChI=1S/C25H47NO2/c1-20(2)10-6-11-21(3)12-7-13-22(4)14-8-15-23(5)18-25(28)26-17-9-16-24(27)19-26/h18,20-22,24,27H,6-17,19H2,1-5H3/b23-18+. The Labute approximate surface area is 175 Å². The lowest BCUT2D eigenvalue weighted by molar-refractivity contribution is -0.129. The fraction of sp³-hybridized carbons (Fsp3) is 0.880. The molecule has 28 heavy (non-hydrogen) atoms. The summed E-state index contributed by atoms with van der Waals surface area (Å²) in [7, 11) is 0. The van der Waals surface area contributed by atoms with Gasteiger partial charge in [0.1, 0.15) is 0 Å². The van der Waals surface area contributed by atoms with E-state index in [1.54, 1.807) is 11.0 Å². The van der Waals surface area contributed by atoms with Crippen molar-refractivity contribution in [1.82, 2.24) is 4.90 Å². The van der Waals surface area contributed by atoms with Gasteiger partial charge in [-0.15, -0.1) is 0 Å². The number of carbonyl (C=O) groups excluding carboxylic acids is 1. The molecule has 0 aromatic rings. The van der Waals surface area contributed by atoms with Crippen LogP contribution >= 0.6 is 0 Å². The fourth-order valence-electron chi connectivity index (χ4n) is 4.24. The molecule has 3 unspecified atom stereocenters. The lowest BCUT2D eigenvalue weighted by Crippen LogP contribution is -2.41. The van der Waals surface area contributed by atoms with Gasteiger partial charge in [-0.25, -0.2) is 0 Å². The first-order valence-electron chi connectivity index (χ1n) is 11.9. The molecular formula is C25H47NO2. The van der Waals surface area contributed by atoms with Crippen LogP contribution in [0.4, 0.5) is 0 Å². The predicted molar refractivity (Wildman–Crippen MR) is 120 cm³/mol. The number of likely N-dealkylation sites (tertiary alicyclic amines) is 1. The van der Waals surface area contributed by atoms with Gasteiger partial charge < -0.3 is 10.0 Å². The second kappa shape index (κ2) is 14.2. The van der Waals surface area contributed by atoms with Crippen molar-refractivity contribution in [3.8, 4) is 0 Å². The number of hydrogen-bond acceptors (Lipinski definition) is 2. The van der Waals surface area contributed by atoms with Gasteiger partial charge in [0.25, 0.3) is 0 Å². The second-order valence-electron chi connectivity index (χ2n) is 9.93. The number of nitrogens with zero attached hydrogens (tertiary/aromatic N) is 1. The van der Waals surface area contributed by atoms with Crippen LogP contribution in [0.3, 0.4) is 0 Å². The van der Waals surface area contributed by atoms with Gasteiger partial charge in [-0.2, -0.15) is 0 Å². The van der Waals surface area contributed by atoms with Gasteiger partial charge in [-0.05, 0) is 50.4 Å². The zero-order chi connectivity index (χ0) is 20.9. The zero-order valence-electron chi connectivity index (χ0n) is 19.4. The number of allylic oxidation sites excluding steroid dienone is 1. The van der Waals surface area contributed by atoms with E-state index in [9.17, 15) is 9.90 Å². The molecule has 1 aliphatic heterocycles. The Hall–Kier alpha value is -0.830. The van der Waals surface area contributed by atoms with Gasteiger partial charge in [0, 0.05) is 19.2 Å². The Morgan fingerprint density at radius 1 is 1.00 bits per heavy atom. The summed E-state index contributed by atoms with van der Waals surface area (Å²) in [6, 6.07) is 0. The Morgan fingerprint density at radius 2 is 1.57 bits per heavy atom. The van der Waals surface area contributed by atoms with Crippen LogP contribution in [0.5, 0.6) is 0 Å². The third-order valence-corrected chi connectivity index (χ3v) is 6.22. The summed E-state index contributed by atoms with van der Waals surface area (Å²) in [5.74, 6) is 2.57. The molecule has 3 nitrogen and oxygen atoms in total. The minimum atomic E-state index is -0.342. The van der Waals surface area contributed by atoms with Gasteiger partial charge in [-0.1, -0.05) is 78.2 Å². The Kier molecular flexibility index (Phi) is 12.8. The number of aliphatic hydroxyl groups is 1. The molecule has 164 valence electrons. The summed E-state index contributed by atoms with van der Waals surface area (Å²) in [5, 5.41) is 9.72. The summed E-state index contributed by atoms with van der Waals surface area (Å²) in [4.78, 5) is 14.1. The third-order valence-electron chi connectivity index (χ3n) is 6.22. The Balaban J connectivity index is 2.12. The average Bonchev–Trinajstić information content (AvgIpc) is 2.61. The number of aliphatic hydroxyl groups excluding tert-OH is 1. The number of amides is 1. The van der Waals surface area contributed by atoms with Crippen LogP contribution < -0.4 is 0 Å². The van der Waals surface area contributed by atoms with Crippen molar-refractivity contribution in [1.29, 1.82) is 0 Å². The largest absolute Gasteiger partial charge is 0.391 e. The topological polar surface area (TPSA) is 40.5 Å². The number of rotatable bonds is 13. The normalized spacial score (nSPS) is 20.5. The van der Waals surface area contributed by atoms with Crippen LogP contribution in [0, 0.1) is 17.8 Å². The molecule has 0 aromatic carbocycles. The Bertz CT molecular complexity index is 457. The Morgan fingerprint density at radius 3 is 2.14 bits per heavy atom. The summed E-state index contributed by atoms with van der Waals surface area (Å²) in [6.45, 7) is 12.8. The van der Waals surface area contributed by atoms with Crippen molar-refractivity contribution in [3.63, 3.8) is 0 Å². The molecule has 0 spiro atoms. The molecule has 1 heterocycles. The molecule has 3 heteroatoms. The van der Waals surface area contributed by atoms with E-state index in [-0.39, 0.29) is 12.0 Å². The smallest absolute Gasteiger partial charge is 0.246 e. The molecule has 0 aliphatic carbocycles.